The van der Waals surface area contributed by atoms with Gasteiger partial charge in [-0.2, -0.15) is 0 Å². The number of hydrogen-bond acceptors (Lipinski definition) is 7. The van der Waals surface area contributed by atoms with Crippen LogP contribution in [0.1, 0.15) is 33.2 Å². The lowest BCUT2D eigenvalue weighted by Crippen LogP contribution is -2.21. The second kappa shape index (κ2) is 11.2. The maximum atomic E-state index is 12.0. The lowest BCUT2D eigenvalue weighted by molar-refractivity contribution is -0.142. The number of nitrogens with one attached hydrogen (secondary N) is 1. The monoisotopic (exact) mass is 411 g/mol. The van der Waals surface area contributed by atoms with Crippen LogP contribution in [-0.2, 0) is 23.8 Å². The third-order valence-electron chi connectivity index (χ3n) is 3.79. The van der Waals surface area contributed by atoms with Gasteiger partial charge in [-0.05, 0) is 42.8 Å². The normalized spacial score (nSPS) is 10.3. The van der Waals surface area contributed by atoms with Crippen LogP contribution in [0.4, 0.5) is 5.69 Å². The quantitative estimate of drug-likeness (QED) is 0.404. The molecule has 8 nitrogen and oxygen atoms in total. The van der Waals surface area contributed by atoms with Crippen LogP contribution in [0.15, 0.2) is 54.6 Å². The number of carbonyl (C=O) groups excluding carboxylic acids is 4. The van der Waals surface area contributed by atoms with E-state index in [1.807, 2.05) is 0 Å². The summed E-state index contributed by atoms with van der Waals surface area (Å²) in [6.45, 7) is 1.36. The molecule has 1 N–H and O–H groups in total. The summed E-state index contributed by atoms with van der Waals surface area (Å²) in [5, 5.41) is 2.52. The van der Waals surface area contributed by atoms with Crippen LogP contribution in [0.25, 0.3) is 6.08 Å². The number of esters is 3. The van der Waals surface area contributed by atoms with Gasteiger partial charge in [-0.25, -0.2) is 14.4 Å². The fourth-order valence-electron chi connectivity index (χ4n) is 2.36. The number of hydrogen-bond donors (Lipinski definition) is 1. The Hall–Kier alpha value is -3.94. The first-order chi connectivity index (χ1) is 14.4. The number of amides is 1. The number of ether oxygens (including phenoxy) is 3. The van der Waals surface area contributed by atoms with Gasteiger partial charge in [-0.3, -0.25) is 4.79 Å². The highest BCUT2D eigenvalue weighted by atomic mass is 16.5. The van der Waals surface area contributed by atoms with E-state index in [4.69, 9.17) is 9.47 Å². The van der Waals surface area contributed by atoms with Crippen molar-refractivity contribution in [3.63, 3.8) is 0 Å². The predicted octanol–water partition coefficient (Wildman–Crippen LogP) is 2.85. The maximum Gasteiger partial charge on any atom is 0.340 e. The average Bonchev–Trinajstić information content (AvgIpc) is 2.76. The molecule has 0 aliphatic heterocycles. The van der Waals surface area contributed by atoms with E-state index in [0.717, 1.165) is 6.08 Å². The molecule has 0 saturated heterocycles. The summed E-state index contributed by atoms with van der Waals surface area (Å²) in [4.78, 5) is 47.2. The van der Waals surface area contributed by atoms with E-state index in [1.54, 1.807) is 49.4 Å². The maximum absolute atomic E-state index is 12.0. The van der Waals surface area contributed by atoms with Crippen molar-refractivity contribution in [3.05, 3.63) is 71.3 Å². The Bertz CT molecular complexity index is 948. The largest absolute Gasteiger partial charge is 0.465 e. The van der Waals surface area contributed by atoms with Crippen molar-refractivity contribution in [2.24, 2.45) is 0 Å². The Morgan fingerprint density at radius 3 is 2.30 bits per heavy atom. The molecule has 1 amide bonds. The molecule has 0 aliphatic rings. The summed E-state index contributed by atoms with van der Waals surface area (Å²) in [5.74, 6) is -2.34. The van der Waals surface area contributed by atoms with Crippen LogP contribution in [0, 0.1) is 0 Å². The number of anilines is 1. The smallest absolute Gasteiger partial charge is 0.340 e. The number of methoxy groups -OCH3 is 1. The van der Waals surface area contributed by atoms with Crippen LogP contribution in [0.5, 0.6) is 0 Å². The Balaban J connectivity index is 1.88. The molecule has 0 bridgehead atoms. The first kappa shape index (κ1) is 22.4. The summed E-state index contributed by atoms with van der Waals surface area (Å²) >= 11 is 0. The second-order valence-corrected chi connectivity index (χ2v) is 5.87. The van der Waals surface area contributed by atoms with E-state index in [1.165, 1.54) is 19.3 Å². The van der Waals surface area contributed by atoms with Crippen molar-refractivity contribution >= 4 is 35.6 Å². The number of carbonyl (C=O) groups is 4. The number of para-hydroxylation sites is 1. The number of rotatable bonds is 8. The third-order valence-corrected chi connectivity index (χ3v) is 3.79. The molecular formula is C22H21NO7. The van der Waals surface area contributed by atoms with Gasteiger partial charge in [-0.1, -0.05) is 24.3 Å². The Morgan fingerprint density at radius 2 is 1.63 bits per heavy atom. The summed E-state index contributed by atoms with van der Waals surface area (Å²) < 4.78 is 14.4. The molecule has 8 heteroatoms. The predicted molar refractivity (Wildman–Crippen MR) is 109 cm³/mol. The van der Waals surface area contributed by atoms with Gasteiger partial charge in [0.05, 0.1) is 30.5 Å². The van der Waals surface area contributed by atoms with Crippen LogP contribution in [0.2, 0.25) is 0 Å². The zero-order chi connectivity index (χ0) is 21.9. The first-order valence-corrected chi connectivity index (χ1v) is 9.03. The molecule has 0 saturated carbocycles. The molecule has 0 unspecified atom stereocenters. The van der Waals surface area contributed by atoms with Gasteiger partial charge in [0, 0.05) is 6.08 Å². The fraction of sp³-hybridized carbons (Fsp3) is 0.182. The molecule has 30 heavy (non-hydrogen) atoms. The fourth-order valence-corrected chi connectivity index (χ4v) is 2.36. The highest BCUT2D eigenvalue weighted by molar-refractivity contribution is 6.02. The van der Waals surface area contributed by atoms with Gasteiger partial charge >= 0.3 is 17.9 Å². The summed E-state index contributed by atoms with van der Waals surface area (Å²) in [5.41, 5.74) is 1.51. The molecule has 2 aromatic carbocycles. The molecule has 0 spiro atoms. The van der Waals surface area contributed by atoms with E-state index in [2.05, 4.69) is 10.1 Å². The molecular weight excluding hydrogens is 390 g/mol. The molecule has 0 atom stereocenters. The molecule has 0 fully saturated rings. The Kier molecular flexibility index (Phi) is 8.31. The van der Waals surface area contributed by atoms with Crippen LogP contribution < -0.4 is 5.32 Å². The van der Waals surface area contributed by atoms with Gasteiger partial charge in [0.25, 0.3) is 5.91 Å². The lowest BCUT2D eigenvalue weighted by atomic mass is 10.1. The van der Waals surface area contributed by atoms with Crippen molar-refractivity contribution in [2.45, 2.75) is 6.92 Å². The van der Waals surface area contributed by atoms with Gasteiger partial charge in [0.1, 0.15) is 0 Å². The summed E-state index contributed by atoms with van der Waals surface area (Å²) in [7, 11) is 1.29. The second-order valence-electron chi connectivity index (χ2n) is 5.87. The van der Waals surface area contributed by atoms with E-state index in [0.29, 0.717) is 11.1 Å². The van der Waals surface area contributed by atoms with E-state index in [9.17, 15) is 19.2 Å². The standard InChI is InChI=1S/C22H21NO7/c1-3-29-22(27)17-6-4-5-7-18(17)23-19(24)14-30-20(25)13-10-15-8-11-16(12-9-15)21(26)28-2/h4-13H,3,14H2,1-2H3,(H,23,24)/b13-10+. The molecule has 0 radical (unpaired) electrons. The Labute approximate surface area is 173 Å². The molecule has 2 aromatic rings. The minimum absolute atomic E-state index is 0.203. The topological polar surface area (TPSA) is 108 Å². The summed E-state index contributed by atoms with van der Waals surface area (Å²) in [6.07, 6.45) is 2.64. The highest BCUT2D eigenvalue weighted by Gasteiger charge is 2.14. The van der Waals surface area contributed by atoms with Gasteiger partial charge < -0.3 is 19.5 Å². The van der Waals surface area contributed by atoms with Crippen molar-refractivity contribution in [2.75, 3.05) is 25.6 Å². The van der Waals surface area contributed by atoms with E-state index in [-0.39, 0.29) is 17.9 Å². The van der Waals surface area contributed by atoms with Crippen molar-refractivity contribution in [1.29, 1.82) is 0 Å². The highest BCUT2D eigenvalue weighted by Crippen LogP contribution is 2.16. The Morgan fingerprint density at radius 1 is 0.933 bits per heavy atom. The van der Waals surface area contributed by atoms with Crippen molar-refractivity contribution in [3.8, 4) is 0 Å². The van der Waals surface area contributed by atoms with Crippen LogP contribution in [-0.4, -0.2) is 44.1 Å². The molecule has 0 aliphatic carbocycles. The molecule has 156 valence electrons. The zero-order valence-electron chi connectivity index (χ0n) is 16.5. The van der Waals surface area contributed by atoms with Gasteiger partial charge in [0.2, 0.25) is 0 Å². The molecule has 0 aromatic heterocycles. The zero-order valence-corrected chi connectivity index (χ0v) is 16.5. The first-order valence-electron chi connectivity index (χ1n) is 9.03. The summed E-state index contributed by atoms with van der Waals surface area (Å²) in [6, 6.07) is 12.8. The average molecular weight is 411 g/mol. The van der Waals surface area contributed by atoms with Crippen LogP contribution >= 0.6 is 0 Å². The molecule has 2 rings (SSSR count). The third kappa shape index (κ3) is 6.59. The van der Waals surface area contributed by atoms with E-state index < -0.39 is 30.4 Å². The van der Waals surface area contributed by atoms with Crippen molar-refractivity contribution < 1.29 is 33.4 Å². The minimum Gasteiger partial charge on any atom is -0.465 e. The van der Waals surface area contributed by atoms with Crippen LogP contribution in [0.3, 0.4) is 0 Å². The minimum atomic E-state index is -0.721. The molecule has 0 heterocycles. The van der Waals surface area contributed by atoms with E-state index >= 15 is 0 Å². The van der Waals surface area contributed by atoms with Crippen molar-refractivity contribution in [1.82, 2.24) is 0 Å². The SMILES string of the molecule is CCOC(=O)c1ccccc1NC(=O)COC(=O)/C=C/c1ccc(C(=O)OC)cc1. The van der Waals surface area contributed by atoms with Gasteiger partial charge in [-0.15, -0.1) is 0 Å². The van der Waals surface area contributed by atoms with Gasteiger partial charge in [0.15, 0.2) is 6.61 Å². The number of benzene rings is 2. The lowest BCUT2D eigenvalue weighted by Gasteiger charge is -2.10.